The van der Waals surface area contributed by atoms with Crippen LogP contribution in [0.25, 0.3) is 54.6 Å². The first-order chi connectivity index (χ1) is 14.9. The van der Waals surface area contributed by atoms with Crippen LogP contribution in [0.2, 0.25) is 0 Å². The molecule has 6 aromatic carbocycles. The highest BCUT2D eigenvalue weighted by molar-refractivity contribution is 6.08. The Morgan fingerprint density at radius 1 is 0.267 bits per heavy atom. The van der Waals surface area contributed by atoms with Crippen LogP contribution in [0.1, 0.15) is 0 Å². The van der Waals surface area contributed by atoms with Crippen LogP contribution in [0.3, 0.4) is 0 Å². The van der Waals surface area contributed by atoms with Gasteiger partial charge in [0, 0.05) is 0 Å². The first kappa shape index (κ1) is 17.0. The zero-order valence-electron chi connectivity index (χ0n) is 16.5. The van der Waals surface area contributed by atoms with Gasteiger partial charge in [0.05, 0.1) is 0 Å². The number of fused-ring (bicyclic) bond motifs is 3. The molecule has 0 saturated heterocycles. The van der Waals surface area contributed by atoms with Gasteiger partial charge in [-0.1, -0.05) is 109 Å². The van der Waals surface area contributed by atoms with Gasteiger partial charge in [-0.3, -0.25) is 0 Å². The van der Waals surface area contributed by atoms with Gasteiger partial charge in [-0.15, -0.1) is 0 Å². The summed E-state index contributed by atoms with van der Waals surface area (Å²) in [6.07, 6.45) is 0. The minimum Gasteiger partial charge on any atom is -0.0616 e. The smallest absolute Gasteiger partial charge is 0.00988 e. The quantitative estimate of drug-likeness (QED) is 0.264. The average molecular weight is 380 g/mol. The molecule has 0 bridgehead atoms. The van der Waals surface area contributed by atoms with Crippen molar-refractivity contribution < 1.29 is 0 Å². The molecule has 0 nitrogen and oxygen atoms in total. The van der Waals surface area contributed by atoms with Crippen LogP contribution in [0.5, 0.6) is 0 Å². The predicted molar refractivity (Wildman–Crippen MR) is 130 cm³/mol. The summed E-state index contributed by atoms with van der Waals surface area (Å²) >= 11 is 0. The lowest BCUT2D eigenvalue weighted by molar-refractivity contribution is 1.62. The Balaban J connectivity index is 1.67. The van der Waals surface area contributed by atoms with Crippen LogP contribution in [0.4, 0.5) is 0 Å². The number of hydrogen-bond acceptors (Lipinski definition) is 0. The minimum absolute atomic E-state index is 1.27. The summed E-state index contributed by atoms with van der Waals surface area (Å²) in [4.78, 5) is 0. The van der Waals surface area contributed by atoms with E-state index in [0.29, 0.717) is 0 Å². The Morgan fingerprint density at radius 2 is 0.733 bits per heavy atom. The van der Waals surface area contributed by atoms with Gasteiger partial charge in [-0.2, -0.15) is 0 Å². The summed E-state index contributed by atoms with van der Waals surface area (Å²) in [6, 6.07) is 43.9. The van der Waals surface area contributed by atoms with Crippen LogP contribution in [0, 0.1) is 0 Å². The van der Waals surface area contributed by atoms with Crippen molar-refractivity contribution in [3.63, 3.8) is 0 Å². The summed E-state index contributed by atoms with van der Waals surface area (Å²) in [5.41, 5.74) is 5.10. The molecule has 0 spiro atoms. The lowest BCUT2D eigenvalue weighted by Gasteiger charge is -2.15. The first-order valence-corrected chi connectivity index (χ1v) is 10.4. The Kier molecular flexibility index (Phi) is 3.89. The molecule has 30 heavy (non-hydrogen) atoms. The van der Waals surface area contributed by atoms with Crippen molar-refractivity contribution in [3.05, 3.63) is 121 Å². The van der Waals surface area contributed by atoms with E-state index in [2.05, 4.69) is 121 Å². The largest absolute Gasteiger partial charge is 0.0616 e. The van der Waals surface area contributed by atoms with Crippen molar-refractivity contribution in [2.45, 2.75) is 0 Å². The van der Waals surface area contributed by atoms with Crippen molar-refractivity contribution in [1.82, 2.24) is 0 Å². The number of hydrogen-bond donors (Lipinski definition) is 0. The van der Waals surface area contributed by atoms with Gasteiger partial charge in [-0.25, -0.2) is 0 Å². The zero-order chi connectivity index (χ0) is 19.9. The summed E-state index contributed by atoms with van der Waals surface area (Å²) in [7, 11) is 0. The zero-order valence-corrected chi connectivity index (χ0v) is 16.5. The second-order valence-electron chi connectivity index (χ2n) is 7.80. The molecule has 0 heteroatoms. The molecule has 0 fully saturated rings. The van der Waals surface area contributed by atoms with Crippen LogP contribution < -0.4 is 0 Å². The van der Waals surface area contributed by atoms with E-state index in [1.165, 1.54) is 54.6 Å². The lowest BCUT2D eigenvalue weighted by Crippen LogP contribution is -1.88. The second-order valence-corrected chi connectivity index (χ2v) is 7.80. The fourth-order valence-corrected chi connectivity index (χ4v) is 4.61. The molecule has 0 heterocycles. The molecule has 140 valence electrons. The van der Waals surface area contributed by atoms with Gasteiger partial charge in [0.1, 0.15) is 0 Å². The van der Waals surface area contributed by atoms with E-state index in [4.69, 9.17) is 0 Å². The van der Waals surface area contributed by atoms with Gasteiger partial charge in [0.25, 0.3) is 0 Å². The van der Waals surface area contributed by atoms with E-state index in [1.807, 2.05) is 0 Å². The highest BCUT2D eigenvalue weighted by atomic mass is 14.2. The third kappa shape index (κ3) is 2.69. The van der Waals surface area contributed by atoms with Crippen LogP contribution in [0.15, 0.2) is 121 Å². The standard InChI is InChI=1S/C30H20/c1-2-11-23-20-30-24(19-22(23)10-1)13-8-18-29(30)28-16-6-5-15-27(28)26-17-7-12-21-9-3-4-14-25(21)26/h1-20H. The Hall–Kier alpha value is -3.90. The Morgan fingerprint density at radius 3 is 1.47 bits per heavy atom. The molecule has 0 aliphatic heterocycles. The Bertz CT molecular complexity index is 1530. The normalized spacial score (nSPS) is 11.3. The van der Waals surface area contributed by atoms with E-state index in [0.717, 1.165) is 0 Å². The summed E-state index contributed by atoms with van der Waals surface area (Å²) in [6.45, 7) is 0. The topological polar surface area (TPSA) is 0 Å². The van der Waals surface area contributed by atoms with Gasteiger partial charge in [-0.05, 0) is 66.7 Å². The SMILES string of the molecule is c1ccc(-c2cccc3cc4ccccc4cc23)c(-c2cccc3ccccc23)c1. The van der Waals surface area contributed by atoms with Crippen molar-refractivity contribution in [2.75, 3.05) is 0 Å². The summed E-state index contributed by atoms with van der Waals surface area (Å²) in [5.74, 6) is 0. The van der Waals surface area contributed by atoms with Gasteiger partial charge in [0.15, 0.2) is 0 Å². The van der Waals surface area contributed by atoms with Crippen LogP contribution >= 0.6 is 0 Å². The van der Waals surface area contributed by atoms with Crippen molar-refractivity contribution >= 4 is 32.3 Å². The van der Waals surface area contributed by atoms with Crippen LogP contribution in [-0.4, -0.2) is 0 Å². The van der Waals surface area contributed by atoms with E-state index in [1.54, 1.807) is 0 Å². The molecular weight excluding hydrogens is 360 g/mol. The monoisotopic (exact) mass is 380 g/mol. The minimum atomic E-state index is 1.27. The molecule has 0 unspecified atom stereocenters. The molecule has 0 radical (unpaired) electrons. The molecule has 0 amide bonds. The molecule has 0 aromatic heterocycles. The average Bonchev–Trinajstić information content (AvgIpc) is 2.82. The molecular formula is C30H20. The van der Waals surface area contributed by atoms with E-state index < -0.39 is 0 Å². The maximum atomic E-state index is 2.33. The molecule has 0 N–H and O–H groups in total. The number of rotatable bonds is 2. The molecule has 6 rings (SSSR count). The maximum absolute atomic E-state index is 2.33. The third-order valence-corrected chi connectivity index (χ3v) is 6.04. The van der Waals surface area contributed by atoms with Crippen LogP contribution in [-0.2, 0) is 0 Å². The third-order valence-electron chi connectivity index (χ3n) is 6.04. The fourth-order valence-electron chi connectivity index (χ4n) is 4.61. The lowest BCUT2D eigenvalue weighted by atomic mass is 9.89. The summed E-state index contributed by atoms with van der Waals surface area (Å²) in [5, 5.41) is 7.69. The number of benzene rings is 6. The first-order valence-electron chi connectivity index (χ1n) is 10.4. The van der Waals surface area contributed by atoms with Gasteiger partial charge in [0.2, 0.25) is 0 Å². The maximum Gasteiger partial charge on any atom is -0.00988 e. The second kappa shape index (κ2) is 6.86. The summed E-state index contributed by atoms with van der Waals surface area (Å²) < 4.78 is 0. The van der Waals surface area contributed by atoms with Gasteiger partial charge < -0.3 is 0 Å². The highest BCUT2D eigenvalue weighted by Gasteiger charge is 2.12. The Labute approximate surface area is 176 Å². The van der Waals surface area contributed by atoms with Crippen molar-refractivity contribution in [2.24, 2.45) is 0 Å². The van der Waals surface area contributed by atoms with Gasteiger partial charge >= 0.3 is 0 Å². The molecule has 0 saturated carbocycles. The molecule has 0 aliphatic carbocycles. The molecule has 6 aromatic rings. The van der Waals surface area contributed by atoms with Crippen molar-refractivity contribution in [3.8, 4) is 22.3 Å². The van der Waals surface area contributed by atoms with E-state index in [9.17, 15) is 0 Å². The molecule has 0 aliphatic rings. The molecule has 0 atom stereocenters. The fraction of sp³-hybridized carbons (Fsp3) is 0. The van der Waals surface area contributed by atoms with Crippen molar-refractivity contribution in [1.29, 1.82) is 0 Å². The predicted octanol–water partition coefficient (Wildman–Crippen LogP) is 8.48. The van der Waals surface area contributed by atoms with E-state index >= 15 is 0 Å². The van der Waals surface area contributed by atoms with E-state index in [-0.39, 0.29) is 0 Å². The highest BCUT2D eigenvalue weighted by Crippen LogP contribution is 2.39.